The quantitative estimate of drug-likeness (QED) is 0.242. The number of aryl methyl sites for hydroxylation is 2. The van der Waals surface area contributed by atoms with Gasteiger partial charge in [-0.2, -0.15) is 0 Å². The lowest BCUT2D eigenvalue weighted by molar-refractivity contribution is -0.904. The van der Waals surface area contributed by atoms with Crippen molar-refractivity contribution in [2.45, 2.75) is 60.2 Å². The molecular weight excluding hydrogens is 481 g/mol. The predicted octanol–water partition coefficient (Wildman–Crippen LogP) is 6.77. The number of nitrogens with zero attached hydrogens (tertiary/aromatic N) is 3. The fourth-order valence-corrected chi connectivity index (χ4v) is 5.55. The number of halogens is 1. The number of fused-ring (bicyclic) bond motifs is 1. The predicted molar refractivity (Wildman–Crippen MR) is 149 cm³/mol. The summed E-state index contributed by atoms with van der Waals surface area (Å²) in [5.41, 5.74) is 4.64. The molecular formula is C31H37FN3O3+. The van der Waals surface area contributed by atoms with E-state index >= 15 is 0 Å². The molecule has 200 valence electrons. The molecule has 0 spiro atoms. The maximum atomic E-state index is 14.6. The summed E-state index contributed by atoms with van der Waals surface area (Å²) in [7, 11) is 3.26. The van der Waals surface area contributed by atoms with Gasteiger partial charge in [-0.15, -0.1) is 0 Å². The number of ether oxygens (including phenoxy) is 2. The summed E-state index contributed by atoms with van der Waals surface area (Å²) in [5, 5.41) is 0. The number of hydrogen-bond acceptors (Lipinski definition) is 4. The van der Waals surface area contributed by atoms with E-state index in [1.807, 2.05) is 54.8 Å². The Kier molecular flexibility index (Phi) is 7.61. The van der Waals surface area contributed by atoms with Gasteiger partial charge in [0.2, 0.25) is 0 Å². The van der Waals surface area contributed by atoms with Crippen LogP contribution in [0.5, 0.6) is 11.5 Å². The van der Waals surface area contributed by atoms with E-state index in [4.69, 9.17) is 14.5 Å². The second-order valence-electron chi connectivity index (χ2n) is 10.4. The molecule has 6 nitrogen and oxygen atoms in total. The first-order chi connectivity index (χ1) is 18.0. The van der Waals surface area contributed by atoms with Crippen LogP contribution in [-0.2, 0) is 6.54 Å². The van der Waals surface area contributed by atoms with Crippen LogP contribution in [-0.4, -0.2) is 46.2 Å². The van der Waals surface area contributed by atoms with Crippen LogP contribution in [0.15, 0.2) is 54.6 Å². The Bertz CT molecular complexity index is 1440. The largest absolute Gasteiger partial charge is 0.497 e. The highest BCUT2D eigenvalue weighted by molar-refractivity contribution is 5.93. The summed E-state index contributed by atoms with van der Waals surface area (Å²) in [5.74, 6) is 1.84. The lowest BCUT2D eigenvalue weighted by atomic mass is 9.97. The molecule has 0 atom stereocenters. The molecule has 3 aromatic carbocycles. The van der Waals surface area contributed by atoms with Gasteiger partial charge in [-0.05, 0) is 101 Å². The first-order valence-electron chi connectivity index (χ1n) is 12.9. The number of quaternary nitrogens is 1. The number of imidazole rings is 1. The Hall–Kier alpha value is -3.71. The molecule has 0 radical (unpaired) electrons. The summed E-state index contributed by atoms with van der Waals surface area (Å²) in [6, 6.07) is 16.0. The van der Waals surface area contributed by atoms with Crippen molar-refractivity contribution in [3.8, 4) is 17.2 Å². The number of methoxy groups -OCH3 is 2. The maximum Gasteiger partial charge on any atom is 0.347 e. The van der Waals surface area contributed by atoms with Crippen molar-refractivity contribution in [3.63, 3.8) is 0 Å². The molecule has 0 aliphatic heterocycles. The number of hydrogen-bond donors (Lipinski definition) is 0. The third-order valence-electron chi connectivity index (χ3n) is 7.60. The van der Waals surface area contributed by atoms with Gasteiger partial charge in [0.25, 0.3) is 0 Å². The molecule has 0 aliphatic rings. The van der Waals surface area contributed by atoms with Gasteiger partial charge >= 0.3 is 5.91 Å². The zero-order chi connectivity index (χ0) is 27.8. The van der Waals surface area contributed by atoms with Crippen molar-refractivity contribution < 1.29 is 23.1 Å². The first-order valence-corrected chi connectivity index (χ1v) is 12.9. The molecule has 1 amide bonds. The number of carbonyl (C=O) groups excluding carboxylic acids is 1. The standard InChI is InChI=1S/C31H37FN3O3/c1-19(2)35(20(3)4,31(36)30-21(5)15-26(38-8)16-22(30)6)18-29-33-27-17-23(32)9-14-28(27)34(29)24-10-12-25(37-7)13-11-24/h9-17,19-20H,18H2,1-8H3/q+1. The molecule has 1 aromatic heterocycles. The van der Waals surface area contributed by atoms with Crippen LogP contribution < -0.4 is 9.47 Å². The van der Waals surface area contributed by atoms with Crippen molar-refractivity contribution in [1.29, 1.82) is 0 Å². The summed E-state index contributed by atoms with van der Waals surface area (Å²) in [6.07, 6.45) is 0. The van der Waals surface area contributed by atoms with Crippen LogP contribution in [0.4, 0.5) is 4.39 Å². The Morgan fingerprint density at radius 1 is 0.895 bits per heavy atom. The van der Waals surface area contributed by atoms with E-state index in [-0.39, 0.29) is 28.3 Å². The van der Waals surface area contributed by atoms with Gasteiger partial charge in [-0.1, -0.05) is 0 Å². The minimum atomic E-state index is -0.350. The normalized spacial score (nSPS) is 12.0. The number of rotatable bonds is 8. The van der Waals surface area contributed by atoms with Gasteiger partial charge in [0.1, 0.15) is 23.9 Å². The lowest BCUT2D eigenvalue weighted by Gasteiger charge is -2.43. The minimum Gasteiger partial charge on any atom is -0.497 e. The molecule has 0 aliphatic carbocycles. The third kappa shape index (κ3) is 4.67. The van der Waals surface area contributed by atoms with Crippen molar-refractivity contribution in [3.05, 3.63) is 82.9 Å². The zero-order valence-corrected chi connectivity index (χ0v) is 23.5. The molecule has 7 heteroatoms. The van der Waals surface area contributed by atoms with Crippen LogP contribution >= 0.6 is 0 Å². The minimum absolute atomic E-state index is 0.0344. The molecule has 4 aromatic rings. The van der Waals surface area contributed by atoms with Crippen LogP contribution in [0.2, 0.25) is 0 Å². The molecule has 0 saturated carbocycles. The Labute approximate surface area is 224 Å². The van der Waals surface area contributed by atoms with Crippen molar-refractivity contribution in [2.24, 2.45) is 0 Å². The fourth-order valence-electron chi connectivity index (χ4n) is 5.55. The second kappa shape index (κ2) is 10.6. The molecule has 1 heterocycles. The summed E-state index contributed by atoms with van der Waals surface area (Å²) in [4.78, 5) is 19.5. The van der Waals surface area contributed by atoms with Gasteiger partial charge in [-0.3, -0.25) is 4.57 Å². The third-order valence-corrected chi connectivity index (χ3v) is 7.60. The first kappa shape index (κ1) is 27.3. The smallest absolute Gasteiger partial charge is 0.347 e. The Balaban J connectivity index is 1.94. The van der Waals surface area contributed by atoms with Gasteiger partial charge < -0.3 is 9.47 Å². The summed E-state index contributed by atoms with van der Waals surface area (Å²) < 4.78 is 27.2. The van der Waals surface area contributed by atoms with Crippen molar-refractivity contribution in [2.75, 3.05) is 14.2 Å². The Morgan fingerprint density at radius 3 is 2.00 bits per heavy atom. The van der Waals surface area contributed by atoms with E-state index in [1.54, 1.807) is 20.3 Å². The summed E-state index contributed by atoms with van der Waals surface area (Å²) >= 11 is 0. The molecule has 0 unspecified atom stereocenters. The highest BCUT2D eigenvalue weighted by Crippen LogP contribution is 2.34. The van der Waals surface area contributed by atoms with E-state index < -0.39 is 0 Å². The van der Waals surface area contributed by atoms with Crippen LogP contribution in [0, 0.1) is 19.7 Å². The zero-order valence-electron chi connectivity index (χ0n) is 23.5. The lowest BCUT2D eigenvalue weighted by Crippen LogP contribution is -2.61. The van der Waals surface area contributed by atoms with Crippen LogP contribution in [0.1, 0.15) is 55.0 Å². The molecule has 0 bridgehead atoms. The number of carbonyl (C=O) groups is 1. The average Bonchev–Trinajstić information content (AvgIpc) is 3.22. The number of amides is 1. The topological polar surface area (TPSA) is 53.4 Å². The molecule has 4 rings (SSSR count). The SMILES string of the molecule is COc1ccc(-n2c(C[N+](C(=O)c3c(C)cc(OC)cc3C)(C(C)C)C(C)C)nc3cc(F)ccc32)cc1. The van der Waals surface area contributed by atoms with E-state index in [9.17, 15) is 9.18 Å². The van der Waals surface area contributed by atoms with Crippen LogP contribution in [0.25, 0.3) is 16.7 Å². The van der Waals surface area contributed by atoms with Crippen molar-refractivity contribution >= 4 is 16.9 Å². The highest BCUT2D eigenvalue weighted by Gasteiger charge is 2.46. The van der Waals surface area contributed by atoms with Gasteiger partial charge in [0.15, 0.2) is 5.82 Å². The van der Waals surface area contributed by atoms with Gasteiger partial charge in [-0.25, -0.2) is 18.7 Å². The Morgan fingerprint density at radius 2 is 1.47 bits per heavy atom. The fraction of sp³-hybridized carbons (Fsp3) is 0.355. The molecule has 0 N–H and O–H groups in total. The van der Waals surface area contributed by atoms with Gasteiger partial charge in [0.05, 0.1) is 42.9 Å². The number of aromatic nitrogens is 2. The van der Waals surface area contributed by atoms with Gasteiger partial charge in [0, 0.05) is 11.8 Å². The van der Waals surface area contributed by atoms with E-state index in [0.717, 1.165) is 33.8 Å². The average molecular weight is 519 g/mol. The number of benzene rings is 3. The molecule has 38 heavy (non-hydrogen) atoms. The summed E-state index contributed by atoms with van der Waals surface area (Å²) in [6.45, 7) is 12.5. The molecule has 0 fully saturated rings. The van der Waals surface area contributed by atoms with E-state index in [2.05, 4.69) is 27.7 Å². The molecule has 0 saturated heterocycles. The second-order valence-corrected chi connectivity index (χ2v) is 10.4. The maximum absolute atomic E-state index is 14.6. The van der Waals surface area contributed by atoms with E-state index in [0.29, 0.717) is 23.4 Å². The highest BCUT2D eigenvalue weighted by atomic mass is 19.1. The van der Waals surface area contributed by atoms with E-state index in [1.165, 1.54) is 12.1 Å². The van der Waals surface area contributed by atoms with Crippen LogP contribution in [0.3, 0.4) is 0 Å². The monoisotopic (exact) mass is 518 g/mol. The van der Waals surface area contributed by atoms with Crippen molar-refractivity contribution in [1.82, 2.24) is 9.55 Å².